The van der Waals surface area contributed by atoms with Crippen LogP contribution >= 0.6 is 11.8 Å². The van der Waals surface area contributed by atoms with Gasteiger partial charge in [-0.05, 0) is 43.9 Å². The Hall–Kier alpha value is -1.45. The molecule has 2 nitrogen and oxygen atoms in total. The minimum atomic E-state index is -0.160. The Morgan fingerprint density at radius 1 is 1.15 bits per heavy atom. The first-order valence-electron chi connectivity index (χ1n) is 6.78. The van der Waals surface area contributed by atoms with Crippen LogP contribution in [0.25, 0.3) is 0 Å². The van der Waals surface area contributed by atoms with Crippen molar-refractivity contribution in [3.05, 3.63) is 59.2 Å². The molecule has 2 aromatic carbocycles. The first-order valence-corrected chi connectivity index (χ1v) is 8.01. The van der Waals surface area contributed by atoms with Crippen LogP contribution in [0, 0.1) is 6.92 Å². The van der Waals surface area contributed by atoms with Gasteiger partial charge in [-0.15, -0.1) is 11.8 Å². The molecule has 0 saturated heterocycles. The van der Waals surface area contributed by atoms with E-state index in [0.29, 0.717) is 6.61 Å². The molecule has 1 atom stereocenters. The first-order chi connectivity index (χ1) is 9.65. The molecule has 0 fully saturated rings. The summed E-state index contributed by atoms with van der Waals surface area (Å²) in [5.41, 5.74) is 9.77. The van der Waals surface area contributed by atoms with E-state index in [-0.39, 0.29) is 6.04 Å². The van der Waals surface area contributed by atoms with Gasteiger partial charge in [0.05, 0.1) is 12.6 Å². The topological polar surface area (TPSA) is 35.2 Å². The Morgan fingerprint density at radius 2 is 1.85 bits per heavy atom. The Morgan fingerprint density at radius 3 is 2.45 bits per heavy atom. The predicted octanol–water partition coefficient (Wildman–Crippen LogP) is 4.16. The van der Waals surface area contributed by atoms with Crippen LogP contribution in [0.4, 0.5) is 0 Å². The molecule has 0 aliphatic carbocycles. The predicted molar refractivity (Wildman–Crippen MR) is 86.6 cm³/mol. The highest BCUT2D eigenvalue weighted by Gasteiger charge is 2.14. The summed E-state index contributed by atoms with van der Waals surface area (Å²) < 4.78 is 5.70. The second-order valence-electron chi connectivity index (χ2n) is 4.73. The number of hydrogen-bond donors (Lipinski definition) is 1. The minimum Gasteiger partial charge on any atom is -0.494 e. The zero-order valence-electron chi connectivity index (χ0n) is 12.2. The monoisotopic (exact) mass is 287 g/mol. The van der Waals surface area contributed by atoms with Gasteiger partial charge in [0.2, 0.25) is 0 Å². The fourth-order valence-corrected chi connectivity index (χ4v) is 2.60. The molecule has 0 amide bonds. The van der Waals surface area contributed by atoms with E-state index >= 15 is 0 Å². The molecule has 2 rings (SSSR count). The van der Waals surface area contributed by atoms with Crippen LogP contribution in [0.15, 0.2) is 47.4 Å². The third-order valence-corrected chi connectivity index (χ3v) is 4.02. The van der Waals surface area contributed by atoms with Crippen molar-refractivity contribution in [3.63, 3.8) is 0 Å². The third-order valence-electron chi connectivity index (χ3n) is 3.28. The fourth-order valence-electron chi connectivity index (χ4n) is 2.19. The van der Waals surface area contributed by atoms with Crippen LogP contribution in [0.1, 0.15) is 29.7 Å². The fraction of sp³-hybridized carbons (Fsp3) is 0.294. The second kappa shape index (κ2) is 6.82. The molecule has 1 unspecified atom stereocenters. The van der Waals surface area contributed by atoms with Crippen molar-refractivity contribution in [1.29, 1.82) is 0 Å². The van der Waals surface area contributed by atoms with Crippen molar-refractivity contribution in [3.8, 4) is 5.75 Å². The largest absolute Gasteiger partial charge is 0.494 e. The summed E-state index contributed by atoms with van der Waals surface area (Å²) >= 11 is 1.73. The van der Waals surface area contributed by atoms with Crippen molar-refractivity contribution >= 4 is 11.8 Å². The number of ether oxygens (including phenoxy) is 1. The van der Waals surface area contributed by atoms with Crippen molar-refractivity contribution < 1.29 is 4.74 Å². The summed E-state index contributed by atoms with van der Waals surface area (Å²) in [6.07, 6.45) is 2.07. The van der Waals surface area contributed by atoms with Crippen LogP contribution in [-0.4, -0.2) is 12.9 Å². The van der Waals surface area contributed by atoms with Gasteiger partial charge in [0, 0.05) is 10.5 Å². The maximum Gasteiger partial charge on any atom is 0.124 e. The second-order valence-corrected chi connectivity index (χ2v) is 5.60. The van der Waals surface area contributed by atoms with E-state index in [2.05, 4.69) is 49.6 Å². The molecule has 2 aromatic rings. The molecule has 0 aliphatic rings. The molecule has 0 aliphatic heterocycles. The van der Waals surface area contributed by atoms with Crippen molar-refractivity contribution in [1.82, 2.24) is 0 Å². The number of benzene rings is 2. The van der Waals surface area contributed by atoms with Crippen LogP contribution < -0.4 is 10.5 Å². The van der Waals surface area contributed by atoms with E-state index in [9.17, 15) is 0 Å². The molecule has 2 N–H and O–H groups in total. The highest BCUT2D eigenvalue weighted by Crippen LogP contribution is 2.30. The summed E-state index contributed by atoms with van der Waals surface area (Å²) in [5, 5.41) is 0. The molecule has 0 radical (unpaired) electrons. The zero-order valence-corrected chi connectivity index (χ0v) is 13.0. The van der Waals surface area contributed by atoms with E-state index < -0.39 is 0 Å². The molecule has 3 heteroatoms. The van der Waals surface area contributed by atoms with E-state index in [1.165, 1.54) is 10.5 Å². The van der Waals surface area contributed by atoms with E-state index in [1.807, 2.05) is 13.0 Å². The molecular formula is C17H21NOS. The van der Waals surface area contributed by atoms with Gasteiger partial charge in [0.15, 0.2) is 0 Å². The number of rotatable bonds is 5. The average Bonchev–Trinajstić information content (AvgIpc) is 2.48. The summed E-state index contributed by atoms with van der Waals surface area (Å²) in [6, 6.07) is 14.4. The molecule has 106 valence electrons. The highest BCUT2D eigenvalue weighted by molar-refractivity contribution is 7.98. The maximum absolute atomic E-state index is 6.42. The van der Waals surface area contributed by atoms with Gasteiger partial charge in [-0.2, -0.15) is 0 Å². The quantitative estimate of drug-likeness (QED) is 0.839. The van der Waals surface area contributed by atoms with Gasteiger partial charge in [-0.1, -0.05) is 29.8 Å². The van der Waals surface area contributed by atoms with Crippen molar-refractivity contribution in [2.24, 2.45) is 5.73 Å². The first kappa shape index (κ1) is 14.9. The lowest BCUT2D eigenvalue weighted by molar-refractivity contribution is 0.335. The Kier molecular flexibility index (Phi) is 5.10. The van der Waals surface area contributed by atoms with Crippen LogP contribution in [0.3, 0.4) is 0 Å². The zero-order chi connectivity index (χ0) is 14.5. The Bertz CT molecular complexity index is 566. The molecule has 0 bridgehead atoms. The maximum atomic E-state index is 6.42. The number of nitrogens with two attached hydrogens (primary N) is 1. The van der Waals surface area contributed by atoms with E-state index in [4.69, 9.17) is 10.5 Å². The smallest absolute Gasteiger partial charge is 0.124 e. The summed E-state index contributed by atoms with van der Waals surface area (Å²) in [6.45, 7) is 4.71. The molecule has 20 heavy (non-hydrogen) atoms. The van der Waals surface area contributed by atoms with Gasteiger partial charge < -0.3 is 10.5 Å². The van der Waals surface area contributed by atoms with Gasteiger partial charge in [-0.3, -0.25) is 0 Å². The van der Waals surface area contributed by atoms with Gasteiger partial charge in [0.1, 0.15) is 5.75 Å². The van der Waals surface area contributed by atoms with Crippen molar-refractivity contribution in [2.45, 2.75) is 24.8 Å². The van der Waals surface area contributed by atoms with Gasteiger partial charge >= 0.3 is 0 Å². The SMILES string of the molecule is CCOc1ccc(C)cc1C(N)c1ccc(SC)cc1. The van der Waals surface area contributed by atoms with Crippen LogP contribution in [0.5, 0.6) is 5.75 Å². The minimum absolute atomic E-state index is 0.160. The van der Waals surface area contributed by atoms with Gasteiger partial charge in [0.25, 0.3) is 0 Å². The summed E-state index contributed by atoms with van der Waals surface area (Å²) in [5.74, 6) is 0.875. The molecule has 0 spiro atoms. The lowest BCUT2D eigenvalue weighted by Gasteiger charge is -2.18. The van der Waals surface area contributed by atoms with Gasteiger partial charge in [-0.25, -0.2) is 0 Å². The lowest BCUT2D eigenvalue weighted by Crippen LogP contribution is -2.13. The van der Waals surface area contributed by atoms with E-state index in [0.717, 1.165) is 16.9 Å². The Labute approximate surface area is 125 Å². The van der Waals surface area contributed by atoms with Crippen molar-refractivity contribution in [2.75, 3.05) is 12.9 Å². The normalized spacial score (nSPS) is 12.2. The van der Waals surface area contributed by atoms with Crippen LogP contribution in [0.2, 0.25) is 0 Å². The number of thioether (sulfide) groups is 1. The Balaban J connectivity index is 2.35. The number of hydrogen-bond acceptors (Lipinski definition) is 3. The molecular weight excluding hydrogens is 266 g/mol. The summed E-state index contributed by atoms with van der Waals surface area (Å²) in [4.78, 5) is 1.25. The summed E-state index contributed by atoms with van der Waals surface area (Å²) in [7, 11) is 0. The highest BCUT2D eigenvalue weighted by atomic mass is 32.2. The third kappa shape index (κ3) is 3.35. The van der Waals surface area contributed by atoms with E-state index in [1.54, 1.807) is 11.8 Å². The number of aryl methyl sites for hydroxylation is 1. The molecule has 0 saturated carbocycles. The molecule has 0 heterocycles. The average molecular weight is 287 g/mol. The standard InChI is InChI=1S/C17H21NOS/c1-4-19-16-10-5-12(2)11-15(16)17(18)13-6-8-14(20-3)9-7-13/h5-11,17H,4,18H2,1-3H3. The lowest BCUT2D eigenvalue weighted by atomic mass is 9.97. The van der Waals surface area contributed by atoms with Crippen LogP contribution in [-0.2, 0) is 0 Å². The molecule has 0 aromatic heterocycles.